The fourth-order valence-electron chi connectivity index (χ4n) is 4.81. The second-order valence-electron chi connectivity index (χ2n) is 9.32. The zero-order valence-electron chi connectivity index (χ0n) is 20.4. The molecule has 0 saturated carbocycles. The van der Waals surface area contributed by atoms with Gasteiger partial charge in [0, 0.05) is 24.3 Å². The van der Waals surface area contributed by atoms with Gasteiger partial charge >= 0.3 is 6.18 Å². The predicted molar refractivity (Wildman–Crippen MR) is 136 cm³/mol. The summed E-state index contributed by atoms with van der Waals surface area (Å²) in [5.41, 5.74) is 1.28. The lowest BCUT2D eigenvalue weighted by molar-refractivity contribution is -0.151. The van der Waals surface area contributed by atoms with E-state index in [1.807, 2.05) is 0 Å². The first kappa shape index (κ1) is 27.4. The van der Waals surface area contributed by atoms with Gasteiger partial charge < -0.3 is 4.74 Å². The minimum Gasteiger partial charge on any atom is -0.489 e. The summed E-state index contributed by atoms with van der Waals surface area (Å²) in [4.78, 5) is 8.11. The molecule has 1 aliphatic rings. The van der Waals surface area contributed by atoms with Gasteiger partial charge in [-0.25, -0.2) is 4.39 Å². The van der Waals surface area contributed by atoms with E-state index in [-0.39, 0.29) is 11.7 Å². The van der Waals surface area contributed by atoms with Crippen LogP contribution in [0.25, 0.3) is 0 Å². The number of pyridine rings is 1. The number of hydrogen-bond acceptors (Lipinski definition) is 4. The molecule has 0 aliphatic carbocycles. The van der Waals surface area contributed by atoms with E-state index in [0.29, 0.717) is 30.4 Å². The molecular weight excluding hydrogens is 506 g/mol. The van der Waals surface area contributed by atoms with Crippen molar-refractivity contribution in [2.24, 2.45) is 5.92 Å². The van der Waals surface area contributed by atoms with Crippen molar-refractivity contribution < 1.29 is 22.3 Å². The highest BCUT2D eigenvalue weighted by molar-refractivity contribution is 6.30. The SMILES string of the molecule is Fc1ccccc1OCCN1CCC(CN(CC(F)(F)F)C(c2ccc(Cl)cc2)c2ccccn2)CC1. The molecule has 1 saturated heterocycles. The maximum Gasteiger partial charge on any atom is 0.401 e. The van der Waals surface area contributed by atoms with Crippen LogP contribution in [0.2, 0.25) is 5.02 Å². The van der Waals surface area contributed by atoms with Crippen LogP contribution in [0.1, 0.15) is 30.1 Å². The summed E-state index contributed by atoms with van der Waals surface area (Å²) in [7, 11) is 0. The van der Waals surface area contributed by atoms with Crippen molar-refractivity contribution in [2.45, 2.75) is 25.1 Å². The molecule has 198 valence electrons. The molecule has 0 bridgehead atoms. The van der Waals surface area contributed by atoms with Crippen molar-refractivity contribution in [2.75, 3.05) is 39.3 Å². The van der Waals surface area contributed by atoms with E-state index in [4.69, 9.17) is 16.3 Å². The molecule has 0 radical (unpaired) electrons. The first-order chi connectivity index (χ1) is 17.8. The third-order valence-electron chi connectivity index (χ3n) is 6.60. The molecule has 0 N–H and O–H groups in total. The zero-order chi connectivity index (χ0) is 26.3. The highest BCUT2D eigenvalue weighted by Gasteiger charge is 2.37. The Morgan fingerprint density at radius 1 is 1.00 bits per heavy atom. The molecule has 1 aromatic heterocycles. The minimum atomic E-state index is -4.36. The van der Waals surface area contributed by atoms with E-state index in [9.17, 15) is 17.6 Å². The number of benzene rings is 2. The Morgan fingerprint density at radius 2 is 1.70 bits per heavy atom. The van der Waals surface area contributed by atoms with Gasteiger partial charge in [0.05, 0.1) is 18.3 Å². The average Bonchev–Trinajstić information content (AvgIpc) is 2.87. The van der Waals surface area contributed by atoms with Gasteiger partial charge in [0.15, 0.2) is 11.6 Å². The van der Waals surface area contributed by atoms with Gasteiger partial charge in [0.25, 0.3) is 0 Å². The number of alkyl halides is 3. The number of likely N-dealkylation sites (tertiary alicyclic amines) is 1. The molecule has 2 aromatic carbocycles. The number of ether oxygens (including phenoxy) is 1. The summed E-state index contributed by atoms with van der Waals surface area (Å²) in [6, 6.07) is 17.9. The lowest BCUT2D eigenvalue weighted by Crippen LogP contribution is -2.44. The van der Waals surface area contributed by atoms with Gasteiger partial charge in [-0.3, -0.25) is 14.8 Å². The van der Waals surface area contributed by atoms with Crippen LogP contribution in [0.3, 0.4) is 0 Å². The van der Waals surface area contributed by atoms with Crippen molar-refractivity contribution >= 4 is 11.6 Å². The maximum atomic E-state index is 13.8. The third kappa shape index (κ3) is 8.15. The number of rotatable bonds is 10. The van der Waals surface area contributed by atoms with E-state index < -0.39 is 24.6 Å². The average molecular weight is 536 g/mol. The zero-order valence-corrected chi connectivity index (χ0v) is 21.1. The molecule has 1 aliphatic heterocycles. The van der Waals surface area contributed by atoms with Gasteiger partial charge in [-0.15, -0.1) is 0 Å². The van der Waals surface area contributed by atoms with Crippen LogP contribution in [0.5, 0.6) is 5.75 Å². The van der Waals surface area contributed by atoms with Crippen LogP contribution in [0, 0.1) is 11.7 Å². The first-order valence-corrected chi connectivity index (χ1v) is 12.7. The molecule has 1 atom stereocenters. The molecule has 3 aromatic rings. The summed E-state index contributed by atoms with van der Waals surface area (Å²) in [6.45, 7) is 1.75. The topological polar surface area (TPSA) is 28.6 Å². The Labute approximate surface area is 219 Å². The second kappa shape index (κ2) is 12.7. The molecule has 9 heteroatoms. The quantitative estimate of drug-likeness (QED) is 0.273. The van der Waals surface area contributed by atoms with Gasteiger partial charge in [0.1, 0.15) is 6.61 Å². The third-order valence-corrected chi connectivity index (χ3v) is 6.85. The number of aromatic nitrogens is 1. The molecule has 37 heavy (non-hydrogen) atoms. The lowest BCUT2D eigenvalue weighted by Gasteiger charge is -2.38. The van der Waals surface area contributed by atoms with Crippen LogP contribution in [-0.4, -0.2) is 60.3 Å². The molecule has 2 heterocycles. The van der Waals surface area contributed by atoms with E-state index in [1.54, 1.807) is 66.9 Å². The van der Waals surface area contributed by atoms with Gasteiger partial charge in [-0.2, -0.15) is 13.2 Å². The fourth-order valence-corrected chi connectivity index (χ4v) is 4.94. The number of piperidine rings is 1. The van der Waals surface area contributed by atoms with Crippen LogP contribution in [-0.2, 0) is 0 Å². The summed E-state index contributed by atoms with van der Waals surface area (Å²) < 4.78 is 60.6. The Balaban J connectivity index is 1.41. The molecule has 4 rings (SSSR count). The Bertz CT molecular complexity index is 1110. The van der Waals surface area contributed by atoms with Crippen molar-refractivity contribution in [1.82, 2.24) is 14.8 Å². The Kier molecular flexibility index (Phi) is 9.40. The summed E-state index contributed by atoms with van der Waals surface area (Å²) in [5, 5.41) is 0.525. The van der Waals surface area contributed by atoms with Crippen LogP contribution >= 0.6 is 11.6 Å². The van der Waals surface area contributed by atoms with Gasteiger partial charge in [-0.05, 0) is 73.8 Å². The number of hydrogen-bond donors (Lipinski definition) is 0. The number of halogens is 5. The minimum absolute atomic E-state index is 0.101. The summed E-state index contributed by atoms with van der Waals surface area (Å²) in [5.74, 6) is -0.0679. The molecule has 1 unspecified atom stereocenters. The van der Waals surface area contributed by atoms with Crippen LogP contribution in [0.4, 0.5) is 17.6 Å². The highest BCUT2D eigenvalue weighted by atomic mass is 35.5. The summed E-state index contributed by atoms with van der Waals surface area (Å²) in [6.07, 6.45) is -1.22. The molecule has 0 amide bonds. The lowest BCUT2D eigenvalue weighted by atomic mass is 9.93. The van der Waals surface area contributed by atoms with E-state index in [2.05, 4.69) is 9.88 Å². The monoisotopic (exact) mass is 535 g/mol. The smallest absolute Gasteiger partial charge is 0.401 e. The van der Waals surface area contributed by atoms with Gasteiger partial charge in [-0.1, -0.05) is 41.9 Å². The highest BCUT2D eigenvalue weighted by Crippen LogP contribution is 2.33. The van der Waals surface area contributed by atoms with Crippen molar-refractivity contribution in [3.05, 3.63) is 95.0 Å². The predicted octanol–water partition coefficient (Wildman–Crippen LogP) is 6.62. The van der Waals surface area contributed by atoms with Gasteiger partial charge in [0.2, 0.25) is 0 Å². The molecule has 4 nitrogen and oxygen atoms in total. The second-order valence-corrected chi connectivity index (χ2v) is 9.75. The Hall–Kier alpha value is -2.68. The summed E-state index contributed by atoms with van der Waals surface area (Å²) >= 11 is 6.06. The van der Waals surface area contributed by atoms with Crippen molar-refractivity contribution in [3.8, 4) is 5.75 Å². The number of nitrogens with zero attached hydrogens (tertiary/aromatic N) is 3. The Morgan fingerprint density at radius 3 is 2.35 bits per heavy atom. The normalized spacial score (nSPS) is 16.2. The number of para-hydroxylation sites is 1. The maximum absolute atomic E-state index is 13.8. The standard InChI is InChI=1S/C28H30ClF4N3O/c29-23-10-8-22(9-11-23)27(25-6-3-4-14-34-25)36(20-28(31,32)33)19-21-12-15-35(16-13-21)17-18-37-26-7-2-1-5-24(26)30/h1-11,14,21,27H,12-13,15-20H2. The first-order valence-electron chi connectivity index (χ1n) is 12.4. The van der Waals surface area contributed by atoms with E-state index >= 15 is 0 Å². The van der Waals surface area contributed by atoms with E-state index in [1.165, 1.54) is 11.0 Å². The molecule has 1 fully saturated rings. The molecular formula is C28H30ClF4N3O. The van der Waals surface area contributed by atoms with E-state index in [0.717, 1.165) is 31.5 Å². The van der Waals surface area contributed by atoms with Crippen LogP contribution < -0.4 is 4.74 Å². The largest absolute Gasteiger partial charge is 0.489 e. The van der Waals surface area contributed by atoms with Crippen molar-refractivity contribution in [1.29, 1.82) is 0 Å². The fraction of sp³-hybridized carbons (Fsp3) is 0.393. The van der Waals surface area contributed by atoms with Crippen LogP contribution in [0.15, 0.2) is 72.9 Å². The molecule has 0 spiro atoms. The van der Waals surface area contributed by atoms with Crippen molar-refractivity contribution in [3.63, 3.8) is 0 Å².